The second-order valence-corrected chi connectivity index (χ2v) is 6.56. The molecule has 3 aromatic carbocycles. The van der Waals surface area contributed by atoms with Crippen LogP contribution in [0.2, 0.25) is 0 Å². The molecule has 4 heteroatoms. The largest absolute Gasteiger partial charge is 0.476 e. The van der Waals surface area contributed by atoms with E-state index in [2.05, 4.69) is 5.32 Å². The quantitative estimate of drug-likeness (QED) is 0.568. The van der Waals surface area contributed by atoms with Crippen molar-refractivity contribution >= 4 is 17.4 Å². The van der Waals surface area contributed by atoms with E-state index in [1.165, 1.54) is 0 Å². The Labute approximate surface area is 165 Å². The van der Waals surface area contributed by atoms with Gasteiger partial charge in [-0.15, -0.1) is 0 Å². The average molecular weight is 373 g/mol. The van der Waals surface area contributed by atoms with Crippen LogP contribution in [0.1, 0.15) is 40.9 Å². The van der Waals surface area contributed by atoms with Gasteiger partial charge in [0.2, 0.25) is 6.10 Å². The molecule has 1 N–H and O–H groups in total. The zero-order valence-corrected chi connectivity index (χ0v) is 16.0. The van der Waals surface area contributed by atoms with Crippen LogP contribution in [0.5, 0.6) is 5.75 Å². The highest BCUT2D eigenvalue weighted by Gasteiger charge is 2.23. The van der Waals surface area contributed by atoms with Gasteiger partial charge in [-0.25, -0.2) is 0 Å². The molecule has 0 saturated heterocycles. The predicted octanol–water partition coefficient (Wildman–Crippen LogP) is 5.35. The Morgan fingerprint density at radius 1 is 0.893 bits per heavy atom. The molecule has 142 valence electrons. The molecule has 3 aromatic rings. The maximum absolute atomic E-state index is 12.9. The highest BCUT2D eigenvalue weighted by Crippen LogP contribution is 2.24. The Hall–Kier alpha value is -3.40. The minimum absolute atomic E-state index is 0.0725. The summed E-state index contributed by atoms with van der Waals surface area (Å²) >= 11 is 0. The molecule has 0 aliphatic heterocycles. The molecule has 0 fully saturated rings. The number of benzene rings is 3. The first-order valence-electron chi connectivity index (χ1n) is 9.29. The fourth-order valence-electron chi connectivity index (χ4n) is 2.81. The van der Waals surface area contributed by atoms with E-state index in [9.17, 15) is 9.59 Å². The van der Waals surface area contributed by atoms with Crippen molar-refractivity contribution < 1.29 is 14.3 Å². The third-order valence-corrected chi connectivity index (χ3v) is 4.41. The average Bonchev–Trinajstić information content (AvgIpc) is 2.74. The monoisotopic (exact) mass is 373 g/mol. The molecule has 3 rings (SSSR count). The first kappa shape index (κ1) is 19.4. The van der Waals surface area contributed by atoms with Crippen molar-refractivity contribution in [2.45, 2.75) is 26.4 Å². The lowest BCUT2D eigenvalue weighted by molar-refractivity contribution is -0.123. The predicted molar refractivity (Wildman–Crippen MR) is 111 cm³/mol. The molecule has 0 unspecified atom stereocenters. The lowest BCUT2D eigenvalue weighted by Crippen LogP contribution is -2.25. The van der Waals surface area contributed by atoms with Gasteiger partial charge in [-0.1, -0.05) is 55.0 Å². The highest BCUT2D eigenvalue weighted by atomic mass is 16.5. The van der Waals surface area contributed by atoms with E-state index in [0.29, 0.717) is 23.4 Å². The number of hydrogen-bond acceptors (Lipinski definition) is 3. The van der Waals surface area contributed by atoms with Crippen LogP contribution in [0.3, 0.4) is 0 Å². The van der Waals surface area contributed by atoms with Crippen molar-refractivity contribution in [1.29, 1.82) is 0 Å². The molecule has 0 radical (unpaired) electrons. The number of carbonyl (C=O) groups excluding carboxylic acids is 2. The summed E-state index contributed by atoms with van der Waals surface area (Å²) in [6, 6.07) is 23.8. The number of ketones is 1. The van der Waals surface area contributed by atoms with E-state index in [1.807, 2.05) is 68.4 Å². The lowest BCUT2D eigenvalue weighted by Gasteiger charge is -2.19. The van der Waals surface area contributed by atoms with Gasteiger partial charge < -0.3 is 10.1 Å². The van der Waals surface area contributed by atoms with Crippen molar-refractivity contribution in [3.63, 3.8) is 0 Å². The van der Waals surface area contributed by atoms with Crippen molar-refractivity contribution in [2.24, 2.45) is 0 Å². The third kappa shape index (κ3) is 4.86. The van der Waals surface area contributed by atoms with E-state index in [-0.39, 0.29) is 11.7 Å². The Morgan fingerprint density at radius 2 is 1.54 bits per heavy atom. The van der Waals surface area contributed by atoms with Gasteiger partial charge in [0.15, 0.2) is 5.78 Å². The van der Waals surface area contributed by atoms with Gasteiger partial charge in [0.25, 0.3) is 5.91 Å². The van der Waals surface area contributed by atoms with Gasteiger partial charge in [-0.05, 0) is 43.3 Å². The van der Waals surface area contributed by atoms with Gasteiger partial charge in [-0.2, -0.15) is 0 Å². The van der Waals surface area contributed by atoms with Crippen LogP contribution in [0.15, 0.2) is 78.9 Å². The van der Waals surface area contributed by atoms with Gasteiger partial charge in [-0.3, -0.25) is 9.59 Å². The lowest BCUT2D eigenvalue weighted by atomic mass is 10.1. The van der Waals surface area contributed by atoms with Gasteiger partial charge in [0.1, 0.15) is 5.75 Å². The van der Waals surface area contributed by atoms with Crippen molar-refractivity contribution in [3.05, 3.63) is 95.6 Å². The second kappa shape index (κ2) is 9.00. The summed E-state index contributed by atoms with van der Waals surface area (Å²) in [6.07, 6.45) is -0.360. The van der Waals surface area contributed by atoms with Crippen LogP contribution in [0.25, 0.3) is 0 Å². The molecular weight excluding hydrogens is 350 g/mol. The smallest absolute Gasteiger partial charge is 0.270 e. The summed E-state index contributed by atoms with van der Waals surface area (Å²) in [7, 11) is 0. The standard InChI is InChI=1S/C24H23NO3/c1-3-22(26)18-11-15-21(16-12-18)28-23(19-7-5-4-6-8-19)24(27)25-20-13-9-17(2)10-14-20/h4-16,23H,3H2,1-2H3,(H,25,27)/t23-/m0/s1. The maximum atomic E-state index is 12.9. The van der Waals surface area contributed by atoms with E-state index < -0.39 is 6.10 Å². The first-order chi connectivity index (χ1) is 13.6. The van der Waals surface area contributed by atoms with Crippen molar-refractivity contribution in [1.82, 2.24) is 0 Å². The summed E-state index contributed by atoms with van der Waals surface area (Å²) in [5, 5.41) is 2.91. The highest BCUT2D eigenvalue weighted by molar-refractivity contribution is 5.96. The molecular formula is C24H23NO3. The zero-order valence-electron chi connectivity index (χ0n) is 16.0. The molecule has 28 heavy (non-hydrogen) atoms. The number of aryl methyl sites for hydroxylation is 1. The van der Waals surface area contributed by atoms with E-state index in [4.69, 9.17) is 4.74 Å². The molecule has 1 atom stereocenters. The van der Waals surface area contributed by atoms with Crippen molar-refractivity contribution in [2.75, 3.05) is 5.32 Å². The summed E-state index contributed by atoms with van der Waals surface area (Å²) in [5.41, 5.74) is 3.22. The molecule has 0 aliphatic carbocycles. The number of ether oxygens (including phenoxy) is 1. The van der Waals surface area contributed by atoms with Crippen LogP contribution >= 0.6 is 0 Å². The minimum atomic E-state index is -0.810. The Balaban J connectivity index is 1.82. The number of anilines is 1. The maximum Gasteiger partial charge on any atom is 0.270 e. The van der Waals surface area contributed by atoms with Crippen LogP contribution in [0.4, 0.5) is 5.69 Å². The van der Waals surface area contributed by atoms with Crippen LogP contribution in [-0.2, 0) is 4.79 Å². The fraction of sp³-hybridized carbons (Fsp3) is 0.167. The number of Topliss-reactive ketones (excluding diaryl/α,β-unsaturated/α-hetero) is 1. The molecule has 0 heterocycles. The normalized spacial score (nSPS) is 11.5. The molecule has 0 spiro atoms. The summed E-state index contributed by atoms with van der Waals surface area (Å²) in [6.45, 7) is 3.82. The van der Waals surface area contributed by atoms with Crippen molar-refractivity contribution in [3.8, 4) is 5.75 Å². The van der Waals surface area contributed by atoms with Crippen LogP contribution in [-0.4, -0.2) is 11.7 Å². The SMILES string of the molecule is CCC(=O)c1ccc(O[C@H](C(=O)Nc2ccc(C)cc2)c2ccccc2)cc1. The summed E-state index contributed by atoms with van der Waals surface area (Å²) < 4.78 is 6.00. The molecule has 0 bridgehead atoms. The van der Waals surface area contributed by atoms with E-state index >= 15 is 0 Å². The second-order valence-electron chi connectivity index (χ2n) is 6.56. The molecule has 0 aliphatic rings. The number of amides is 1. The number of rotatable bonds is 7. The fourth-order valence-corrected chi connectivity index (χ4v) is 2.81. The van der Waals surface area contributed by atoms with Crippen LogP contribution < -0.4 is 10.1 Å². The summed E-state index contributed by atoms with van der Waals surface area (Å²) in [5.74, 6) is 0.340. The number of carbonyl (C=O) groups is 2. The zero-order chi connectivity index (χ0) is 19.9. The Bertz CT molecular complexity index is 932. The first-order valence-corrected chi connectivity index (χ1v) is 9.29. The molecule has 0 aromatic heterocycles. The molecule has 4 nitrogen and oxygen atoms in total. The number of nitrogens with one attached hydrogen (secondary N) is 1. The third-order valence-electron chi connectivity index (χ3n) is 4.41. The van der Waals surface area contributed by atoms with E-state index in [0.717, 1.165) is 11.1 Å². The minimum Gasteiger partial charge on any atom is -0.476 e. The topological polar surface area (TPSA) is 55.4 Å². The summed E-state index contributed by atoms with van der Waals surface area (Å²) in [4.78, 5) is 24.7. The Kier molecular flexibility index (Phi) is 6.22. The molecule has 1 amide bonds. The van der Waals surface area contributed by atoms with Gasteiger partial charge >= 0.3 is 0 Å². The van der Waals surface area contributed by atoms with Gasteiger partial charge in [0, 0.05) is 23.2 Å². The van der Waals surface area contributed by atoms with E-state index in [1.54, 1.807) is 24.3 Å². The van der Waals surface area contributed by atoms with Crippen LogP contribution in [0, 0.1) is 6.92 Å². The molecule has 0 saturated carbocycles. The van der Waals surface area contributed by atoms with Gasteiger partial charge in [0.05, 0.1) is 0 Å². The Morgan fingerprint density at radius 3 is 2.14 bits per heavy atom. The number of hydrogen-bond donors (Lipinski definition) is 1.